The van der Waals surface area contributed by atoms with Crippen LogP contribution in [0.2, 0.25) is 0 Å². The highest BCUT2D eigenvalue weighted by Crippen LogP contribution is 2.37. The highest BCUT2D eigenvalue weighted by molar-refractivity contribution is 5.70. The Morgan fingerprint density at radius 3 is 1.93 bits per heavy atom. The molecule has 2 aromatic heterocycles. The largest absolute Gasteiger partial charge is 0.457 e. The molecule has 0 saturated carbocycles. The van der Waals surface area contributed by atoms with Gasteiger partial charge in [-0.25, -0.2) is 4.98 Å². The maximum absolute atomic E-state index is 12.8. The Bertz CT molecular complexity index is 1550. The molecule has 3 aromatic carbocycles. The first kappa shape index (κ1) is 26.2. The van der Waals surface area contributed by atoms with Crippen molar-refractivity contribution in [3.05, 3.63) is 136 Å². The first-order chi connectivity index (χ1) is 19.7. The van der Waals surface area contributed by atoms with Gasteiger partial charge in [0.1, 0.15) is 35.8 Å². The number of aromatic amines is 1. The molecular formula is C32H30N2O6. The second-order valence-electron chi connectivity index (χ2n) is 9.70. The molecule has 0 bridgehead atoms. The lowest BCUT2D eigenvalue weighted by molar-refractivity contribution is -0.0899. The van der Waals surface area contributed by atoms with Crippen molar-refractivity contribution in [1.82, 2.24) is 9.97 Å². The van der Waals surface area contributed by atoms with Crippen molar-refractivity contribution in [2.45, 2.75) is 44.2 Å². The van der Waals surface area contributed by atoms with Gasteiger partial charge in [0.05, 0.1) is 32.7 Å². The van der Waals surface area contributed by atoms with E-state index in [0.717, 1.165) is 16.7 Å². The highest BCUT2D eigenvalue weighted by atomic mass is 16.6. The second-order valence-corrected chi connectivity index (χ2v) is 9.70. The van der Waals surface area contributed by atoms with Gasteiger partial charge in [0, 0.05) is 6.07 Å². The van der Waals surface area contributed by atoms with Crippen LogP contribution in [-0.2, 0) is 38.8 Å². The molecule has 1 aliphatic heterocycles. The molecule has 40 heavy (non-hydrogen) atoms. The summed E-state index contributed by atoms with van der Waals surface area (Å²) in [5.41, 5.74) is 3.35. The van der Waals surface area contributed by atoms with E-state index in [2.05, 4.69) is 9.97 Å². The molecule has 0 radical (unpaired) electrons. The van der Waals surface area contributed by atoms with Gasteiger partial charge in [0.25, 0.3) is 5.56 Å². The third kappa shape index (κ3) is 6.05. The number of aromatic nitrogens is 2. The molecule has 0 spiro atoms. The van der Waals surface area contributed by atoms with Crippen molar-refractivity contribution in [2.24, 2.45) is 0 Å². The summed E-state index contributed by atoms with van der Waals surface area (Å²) < 4.78 is 30.9. The van der Waals surface area contributed by atoms with Crippen LogP contribution in [0.4, 0.5) is 0 Å². The van der Waals surface area contributed by atoms with E-state index >= 15 is 0 Å². The van der Waals surface area contributed by atoms with E-state index in [0.29, 0.717) is 31.2 Å². The van der Waals surface area contributed by atoms with Crippen LogP contribution >= 0.6 is 0 Å². The van der Waals surface area contributed by atoms with Crippen molar-refractivity contribution in [1.29, 1.82) is 0 Å². The molecule has 4 atom stereocenters. The molecule has 204 valence electrons. The lowest BCUT2D eigenvalue weighted by Gasteiger charge is -2.25. The Hall–Kier alpha value is -4.08. The molecule has 5 aromatic rings. The lowest BCUT2D eigenvalue weighted by Crippen LogP contribution is -2.38. The van der Waals surface area contributed by atoms with Crippen molar-refractivity contribution < 1.29 is 23.4 Å². The number of rotatable bonds is 11. The normalized spacial score (nSPS) is 20.7. The number of furan rings is 1. The Labute approximate surface area is 231 Å². The second kappa shape index (κ2) is 12.4. The number of benzene rings is 3. The van der Waals surface area contributed by atoms with Crippen LogP contribution in [0.25, 0.3) is 11.1 Å². The fraction of sp³-hybridized carbons (Fsp3) is 0.250. The third-order valence-corrected chi connectivity index (χ3v) is 6.88. The fourth-order valence-electron chi connectivity index (χ4n) is 4.89. The van der Waals surface area contributed by atoms with Crippen molar-refractivity contribution in [2.75, 3.05) is 6.61 Å². The van der Waals surface area contributed by atoms with Gasteiger partial charge >= 0.3 is 0 Å². The molecule has 1 saturated heterocycles. The van der Waals surface area contributed by atoms with E-state index in [4.69, 9.17) is 23.4 Å². The number of H-pyrrole nitrogens is 1. The summed E-state index contributed by atoms with van der Waals surface area (Å²) in [6, 6.07) is 31.5. The summed E-state index contributed by atoms with van der Waals surface area (Å²) in [6.07, 6.45) is -0.774. The average Bonchev–Trinajstić information content (AvgIpc) is 3.62. The Balaban J connectivity index is 1.29. The number of fused-ring (bicyclic) bond motifs is 1. The van der Waals surface area contributed by atoms with E-state index in [1.807, 2.05) is 91.0 Å². The van der Waals surface area contributed by atoms with E-state index in [1.54, 1.807) is 6.07 Å². The van der Waals surface area contributed by atoms with Crippen LogP contribution in [-0.4, -0.2) is 34.9 Å². The topological polar surface area (TPSA) is 95.8 Å². The van der Waals surface area contributed by atoms with Gasteiger partial charge in [-0.05, 0) is 16.7 Å². The number of nitrogens with zero attached hydrogens (tertiary/aromatic N) is 1. The minimum absolute atomic E-state index is 0.170. The molecule has 3 heterocycles. The van der Waals surface area contributed by atoms with Gasteiger partial charge in [-0.15, -0.1) is 0 Å². The molecule has 0 aliphatic carbocycles. The standard InChI is InChI=1S/C32H30N2O6/c35-32-27-25(16-17-37-27)33-31(34-32)30-29(39-20-24-14-8-3-9-15-24)28(38-19-23-12-6-2-7-13-23)26(40-30)21-36-18-22-10-4-1-5-11-22/h1-17,26,28-30H,18-21H2,(H,33,34,35)/t26-,28-,29-,30?/m1/s1. The molecule has 1 fully saturated rings. The van der Waals surface area contributed by atoms with Gasteiger partial charge in [-0.3, -0.25) is 4.79 Å². The summed E-state index contributed by atoms with van der Waals surface area (Å²) in [5, 5.41) is 0. The van der Waals surface area contributed by atoms with E-state index in [1.165, 1.54) is 6.26 Å². The lowest BCUT2D eigenvalue weighted by atomic mass is 10.1. The average molecular weight is 539 g/mol. The molecule has 0 amide bonds. The Morgan fingerprint density at radius 1 is 0.725 bits per heavy atom. The Morgan fingerprint density at radius 2 is 1.30 bits per heavy atom. The quantitative estimate of drug-likeness (QED) is 0.242. The molecular weight excluding hydrogens is 508 g/mol. The van der Waals surface area contributed by atoms with E-state index in [-0.39, 0.29) is 17.7 Å². The van der Waals surface area contributed by atoms with Gasteiger partial charge in [0.2, 0.25) is 5.58 Å². The smallest absolute Gasteiger partial charge is 0.294 e. The summed E-state index contributed by atoms with van der Waals surface area (Å²) >= 11 is 0. The van der Waals surface area contributed by atoms with Crippen LogP contribution < -0.4 is 5.56 Å². The zero-order valence-corrected chi connectivity index (χ0v) is 21.8. The van der Waals surface area contributed by atoms with E-state index < -0.39 is 24.4 Å². The number of hydrogen-bond acceptors (Lipinski definition) is 7. The molecule has 1 aliphatic rings. The van der Waals surface area contributed by atoms with Gasteiger partial charge < -0.3 is 28.3 Å². The van der Waals surface area contributed by atoms with Crippen LogP contribution in [0, 0.1) is 0 Å². The summed E-state index contributed by atoms with van der Waals surface area (Å²) in [7, 11) is 0. The van der Waals surface area contributed by atoms with Crippen molar-refractivity contribution in [3.8, 4) is 0 Å². The summed E-state index contributed by atoms with van der Waals surface area (Å²) in [6.45, 7) is 1.41. The monoisotopic (exact) mass is 538 g/mol. The molecule has 8 nitrogen and oxygen atoms in total. The van der Waals surface area contributed by atoms with Gasteiger partial charge in [-0.2, -0.15) is 0 Å². The zero-order valence-electron chi connectivity index (χ0n) is 21.8. The van der Waals surface area contributed by atoms with Crippen LogP contribution in [0.1, 0.15) is 28.6 Å². The minimum Gasteiger partial charge on any atom is -0.457 e. The zero-order chi connectivity index (χ0) is 27.1. The first-order valence-corrected chi connectivity index (χ1v) is 13.3. The maximum Gasteiger partial charge on any atom is 0.294 e. The van der Waals surface area contributed by atoms with Gasteiger partial charge in [0.15, 0.2) is 0 Å². The van der Waals surface area contributed by atoms with Crippen LogP contribution in [0.15, 0.2) is 113 Å². The fourth-order valence-corrected chi connectivity index (χ4v) is 4.89. The first-order valence-electron chi connectivity index (χ1n) is 13.3. The number of nitrogens with one attached hydrogen (secondary N) is 1. The third-order valence-electron chi connectivity index (χ3n) is 6.88. The van der Waals surface area contributed by atoms with Crippen LogP contribution in [0.3, 0.4) is 0 Å². The summed E-state index contributed by atoms with van der Waals surface area (Å²) in [4.78, 5) is 20.3. The predicted octanol–water partition coefficient (Wildman–Crippen LogP) is 5.34. The highest BCUT2D eigenvalue weighted by Gasteiger charge is 2.48. The molecule has 1 N–H and O–H groups in total. The molecule has 6 rings (SSSR count). The SMILES string of the molecule is O=c1[nH]c(C2O[C@H](COCc3ccccc3)[C@@H](OCc3ccccc3)[C@H]2OCc2ccccc2)nc2ccoc12. The minimum atomic E-state index is -0.693. The van der Waals surface area contributed by atoms with Crippen molar-refractivity contribution >= 4 is 11.1 Å². The Kier molecular flexibility index (Phi) is 8.11. The van der Waals surface area contributed by atoms with E-state index in [9.17, 15) is 4.79 Å². The molecule has 1 unspecified atom stereocenters. The van der Waals surface area contributed by atoms with Crippen molar-refractivity contribution in [3.63, 3.8) is 0 Å². The predicted molar refractivity (Wildman–Crippen MR) is 148 cm³/mol. The van der Waals surface area contributed by atoms with Gasteiger partial charge in [-0.1, -0.05) is 91.0 Å². The number of hydrogen-bond donors (Lipinski definition) is 1. The van der Waals surface area contributed by atoms with Crippen LogP contribution in [0.5, 0.6) is 0 Å². The maximum atomic E-state index is 12.8. The molecule has 8 heteroatoms. The summed E-state index contributed by atoms with van der Waals surface area (Å²) in [5.74, 6) is 0.357. The number of ether oxygens (including phenoxy) is 4.